The fourth-order valence-electron chi connectivity index (χ4n) is 6.52. The number of hydrogen-bond donors (Lipinski definition) is 2. The van der Waals surface area contributed by atoms with Crippen molar-refractivity contribution in [3.05, 3.63) is 24.3 Å². The first-order valence-corrected chi connectivity index (χ1v) is 24.2. The van der Waals surface area contributed by atoms with E-state index in [1.165, 1.54) is 148 Å². The van der Waals surface area contributed by atoms with Gasteiger partial charge in [-0.25, -0.2) is 0 Å². The molecular formula is C45H89N2O6P. The molecule has 0 aliphatic carbocycles. The van der Waals surface area contributed by atoms with Crippen LogP contribution < -0.4 is 10.2 Å². The van der Waals surface area contributed by atoms with Crippen molar-refractivity contribution in [2.24, 2.45) is 0 Å². The molecule has 0 bridgehead atoms. The van der Waals surface area contributed by atoms with Crippen molar-refractivity contribution >= 4 is 13.7 Å². The topological polar surface area (TPSA) is 108 Å². The lowest BCUT2D eigenvalue weighted by Crippen LogP contribution is -2.45. The van der Waals surface area contributed by atoms with E-state index in [9.17, 15) is 19.4 Å². The molecule has 8 nitrogen and oxygen atoms in total. The Hall–Kier alpha value is -1.02. The molecule has 2 N–H and O–H groups in total. The molecule has 0 aliphatic rings. The number of likely N-dealkylation sites (N-methyl/N-ethyl adjacent to an activating group) is 1. The number of unbranched alkanes of at least 4 members (excludes halogenated alkanes) is 26. The van der Waals surface area contributed by atoms with Crippen LogP contribution in [-0.4, -0.2) is 68.5 Å². The summed E-state index contributed by atoms with van der Waals surface area (Å²) in [6.45, 7) is 4.61. The van der Waals surface area contributed by atoms with E-state index in [0.29, 0.717) is 17.4 Å². The van der Waals surface area contributed by atoms with Crippen molar-refractivity contribution in [1.82, 2.24) is 5.32 Å². The average Bonchev–Trinajstić information content (AvgIpc) is 3.12. The fourth-order valence-corrected chi connectivity index (χ4v) is 7.24. The van der Waals surface area contributed by atoms with Gasteiger partial charge in [-0.05, 0) is 32.1 Å². The van der Waals surface area contributed by atoms with E-state index < -0.39 is 20.0 Å². The molecule has 0 aliphatic heterocycles. The number of phosphoric acid groups is 1. The second-order valence-electron chi connectivity index (χ2n) is 16.8. The van der Waals surface area contributed by atoms with Crippen LogP contribution in [0.2, 0.25) is 0 Å². The molecule has 0 rings (SSSR count). The van der Waals surface area contributed by atoms with Gasteiger partial charge in [0.2, 0.25) is 5.91 Å². The van der Waals surface area contributed by atoms with Gasteiger partial charge in [0.15, 0.2) is 0 Å². The highest BCUT2D eigenvalue weighted by atomic mass is 31.2. The van der Waals surface area contributed by atoms with Crippen molar-refractivity contribution in [3.63, 3.8) is 0 Å². The maximum Gasteiger partial charge on any atom is 0.268 e. The quantitative estimate of drug-likeness (QED) is 0.0277. The molecule has 0 spiro atoms. The lowest BCUT2D eigenvalue weighted by molar-refractivity contribution is -0.870. The van der Waals surface area contributed by atoms with Crippen molar-refractivity contribution in [2.75, 3.05) is 40.9 Å². The third kappa shape index (κ3) is 39.2. The van der Waals surface area contributed by atoms with Crippen LogP contribution >= 0.6 is 7.82 Å². The molecule has 9 heteroatoms. The van der Waals surface area contributed by atoms with Gasteiger partial charge in [-0.1, -0.05) is 192 Å². The molecule has 3 atom stereocenters. The van der Waals surface area contributed by atoms with Crippen molar-refractivity contribution in [2.45, 2.75) is 219 Å². The monoisotopic (exact) mass is 785 g/mol. The van der Waals surface area contributed by atoms with Gasteiger partial charge in [0.25, 0.3) is 7.82 Å². The van der Waals surface area contributed by atoms with Crippen molar-refractivity contribution in [1.29, 1.82) is 0 Å². The Morgan fingerprint density at radius 1 is 0.630 bits per heavy atom. The summed E-state index contributed by atoms with van der Waals surface area (Å²) >= 11 is 0. The minimum atomic E-state index is -4.59. The van der Waals surface area contributed by atoms with E-state index >= 15 is 0 Å². The number of hydrogen-bond acceptors (Lipinski definition) is 6. The van der Waals surface area contributed by atoms with Gasteiger partial charge >= 0.3 is 0 Å². The average molecular weight is 785 g/mol. The third-order valence-electron chi connectivity index (χ3n) is 10.2. The lowest BCUT2D eigenvalue weighted by Gasteiger charge is -2.29. The number of aliphatic hydroxyl groups excluding tert-OH is 1. The van der Waals surface area contributed by atoms with Gasteiger partial charge < -0.3 is 28.8 Å². The van der Waals surface area contributed by atoms with Gasteiger partial charge in [0, 0.05) is 6.42 Å². The summed E-state index contributed by atoms with van der Waals surface area (Å²) in [6.07, 6.45) is 43.8. The van der Waals surface area contributed by atoms with Crippen LogP contribution in [0, 0.1) is 0 Å². The Morgan fingerprint density at radius 3 is 1.50 bits per heavy atom. The van der Waals surface area contributed by atoms with E-state index in [2.05, 4.69) is 31.3 Å². The van der Waals surface area contributed by atoms with E-state index in [4.69, 9.17) is 9.05 Å². The zero-order chi connectivity index (χ0) is 40.0. The first-order valence-electron chi connectivity index (χ1n) is 22.7. The van der Waals surface area contributed by atoms with Crippen molar-refractivity contribution < 1.29 is 32.9 Å². The normalized spacial score (nSPS) is 14.6. The molecule has 320 valence electrons. The zero-order valence-electron chi connectivity index (χ0n) is 36.2. The second-order valence-corrected chi connectivity index (χ2v) is 18.2. The first kappa shape index (κ1) is 53.0. The summed E-state index contributed by atoms with van der Waals surface area (Å²) in [7, 11) is 1.25. The number of rotatable bonds is 41. The largest absolute Gasteiger partial charge is 0.756 e. The molecule has 3 unspecified atom stereocenters. The molecule has 0 aromatic rings. The first-order chi connectivity index (χ1) is 26.0. The molecular weight excluding hydrogens is 695 g/mol. The fraction of sp³-hybridized carbons (Fsp3) is 0.889. The molecule has 1 amide bonds. The van der Waals surface area contributed by atoms with Crippen LogP contribution in [0.25, 0.3) is 0 Å². The molecule has 54 heavy (non-hydrogen) atoms. The number of nitrogens with one attached hydrogen (secondary N) is 1. The SMILES string of the molecule is CCCCCCC/C=C/CC/C=C/C(O)C(COP(=O)([O-])OCC[N+](C)(C)C)NC(=O)CCCCCCCCCCCCCCCCCCCCCCC. The van der Waals surface area contributed by atoms with Crippen LogP contribution in [0.15, 0.2) is 24.3 Å². The molecule has 0 saturated carbocycles. The lowest BCUT2D eigenvalue weighted by atomic mass is 10.0. The Balaban J connectivity index is 4.28. The van der Waals surface area contributed by atoms with Gasteiger partial charge in [-0.3, -0.25) is 9.36 Å². The highest BCUT2D eigenvalue weighted by Gasteiger charge is 2.23. The van der Waals surface area contributed by atoms with E-state index in [-0.39, 0.29) is 19.1 Å². The maximum atomic E-state index is 12.8. The Bertz CT molecular complexity index is 938. The maximum absolute atomic E-state index is 12.8. The number of nitrogens with zero attached hydrogens (tertiary/aromatic N) is 1. The number of quaternary nitrogens is 1. The molecule has 0 heterocycles. The standard InChI is InChI=1S/C45H89N2O6P/c1-6-8-10-12-14-16-18-19-20-21-22-23-24-25-26-27-29-31-33-35-37-39-45(49)46-43(42-53-54(50,51)52-41-40-47(3,4)5)44(48)38-36-34-32-30-28-17-15-13-11-9-7-2/h28,30,36,38,43-44,48H,6-27,29,31-35,37,39-42H2,1-5H3,(H-,46,49,50,51)/b30-28+,38-36+. The molecule has 0 saturated heterocycles. The van der Waals surface area contributed by atoms with Crippen LogP contribution in [0.4, 0.5) is 0 Å². The predicted molar refractivity (Wildman–Crippen MR) is 228 cm³/mol. The number of allylic oxidation sites excluding steroid dienone is 3. The smallest absolute Gasteiger partial charge is 0.268 e. The molecule has 0 radical (unpaired) electrons. The highest BCUT2D eigenvalue weighted by Crippen LogP contribution is 2.38. The summed E-state index contributed by atoms with van der Waals surface area (Å²) in [5.74, 6) is -0.206. The van der Waals surface area contributed by atoms with Gasteiger partial charge in [-0.2, -0.15) is 0 Å². The summed E-state index contributed by atoms with van der Waals surface area (Å²) in [5, 5.41) is 13.7. The minimum Gasteiger partial charge on any atom is -0.756 e. The Labute approximate surface area is 334 Å². The number of phosphoric ester groups is 1. The summed E-state index contributed by atoms with van der Waals surface area (Å²) in [4.78, 5) is 25.3. The van der Waals surface area contributed by atoms with Gasteiger partial charge in [0.1, 0.15) is 13.2 Å². The number of carbonyl (C=O) groups is 1. The van der Waals surface area contributed by atoms with Crippen LogP contribution in [0.3, 0.4) is 0 Å². The predicted octanol–water partition coefficient (Wildman–Crippen LogP) is 11.9. The van der Waals surface area contributed by atoms with Crippen LogP contribution in [-0.2, 0) is 18.4 Å². The highest BCUT2D eigenvalue weighted by molar-refractivity contribution is 7.45. The minimum absolute atomic E-state index is 0.00447. The summed E-state index contributed by atoms with van der Waals surface area (Å²) in [6, 6.07) is -0.897. The summed E-state index contributed by atoms with van der Waals surface area (Å²) in [5.41, 5.74) is 0. The number of aliphatic hydroxyl groups is 1. The summed E-state index contributed by atoms with van der Waals surface area (Å²) < 4.78 is 23.1. The Morgan fingerprint density at radius 2 is 1.04 bits per heavy atom. The zero-order valence-corrected chi connectivity index (χ0v) is 37.1. The third-order valence-corrected chi connectivity index (χ3v) is 11.1. The second kappa shape index (κ2) is 37.6. The van der Waals surface area contributed by atoms with E-state index in [1.54, 1.807) is 6.08 Å². The van der Waals surface area contributed by atoms with E-state index in [1.807, 2.05) is 27.2 Å². The van der Waals surface area contributed by atoms with Crippen LogP contribution in [0.1, 0.15) is 206 Å². The van der Waals surface area contributed by atoms with Gasteiger partial charge in [-0.15, -0.1) is 0 Å². The molecule has 0 fully saturated rings. The molecule has 0 aromatic carbocycles. The van der Waals surface area contributed by atoms with Gasteiger partial charge in [0.05, 0.1) is 39.9 Å². The number of carbonyl (C=O) groups excluding carboxylic acids is 1. The Kier molecular flexibility index (Phi) is 36.8. The number of amides is 1. The van der Waals surface area contributed by atoms with Crippen LogP contribution in [0.5, 0.6) is 0 Å². The van der Waals surface area contributed by atoms with Crippen molar-refractivity contribution in [3.8, 4) is 0 Å². The van der Waals surface area contributed by atoms with E-state index in [0.717, 1.165) is 38.5 Å². The molecule has 0 aromatic heterocycles.